The molecule has 0 bridgehead atoms. The van der Waals surface area contributed by atoms with Crippen molar-refractivity contribution in [2.24, 2.45) is 0 Å². The molecule has 1 saturated heterocycles. The largest absolute Gasteiger partial charge is 0.474 e. The molecule has 0 amide bonds. The zero-order valence-electron chi connectivity index (χ0n) is 12.3. The van der Waals surface area contributed by atoms with E-state index in [1.165, 1.54) is 6.07 Å². The lowest BCUT2D eigenvalue weighted by molar-refractivity contribution is -0.137. The summed E-state index contributed by atoms with van der Waals surface area (Å²) in [7, 11) is 0. The number of pyridine rings is 2. The molecule has 0 spiro atoms. The van der Waals surface area contributed by atoms with Gasteiger partial charge in [0.05, 0.1) is 5.56 Å². The number of piperidine rings is 1. The van der Waals surface area contributed by atoms with Gasteiger partial charge in [-0.05, 0) is 18.2 Å². The van der Waals surface area contributed by atoms with Crippen LogP contribution < -0.4 is 9.64 Å². The first-order valence-electron chi connectivity index (χ1n) is 7.37. The van der Waals surface area contributed by atoms with Crippen molar-refractivity contribution in [3.8, 4) is 5.88 Å². The lowest BCUT2D eigenvalue weighted by Crippen LogP contribution is -2.38. The van der Waals surface area contributed by atoms with Crippen LogP contribution in [0.1, 0.15) is 18.4 Å². The summed E-state index contributed by atoms with van der Waals surface area (Å²) in [5.41, 5.74) is 0.350. The summed E-state index contributed by atoms with van der Waals surface area (Å²) in [5.74, 6) is 0.236. The number of ether oxygens (including phenoxy) is 1. The first-order chi connectivity index (χ1) is 11.0. The molecule has 0 aliphatic carbocycles. The number of nitrogens with zero attached hydrogens (tertiary/aromatic N) is 3. The number of alkyl halides is 3. The average molecular weight is 323 g/mol. The van der Waals surface area contributed by atoms with Gasteiger partial charge in [0, 0.05) is 56.3 Å². The fourth-order valence-electron chi connectivity index (χ4n) is 2.58. The van der Waals surface area contributed by atoms with Gasteiger partial charge < -0.3 is 9.64 Å². The van der Waals surface area contributed by atoms with Gasteiger partial charge in [-0.3, -0.25) is 4.98 Å². The van der Waals surface area contributed by atoms with Crippen LogP contribution >= 0.6 is 0 Å². The second-order valence-corrected chi connectivity index (χ2v) is 5.39. The molecule has 122 valence electrons. The standard InChI is InChI=1S/C16H16F3N3O/c17-16(18,19)12-1-2-15(21-11-12)23-14-5-9-22(10-6-14)13-3-7-20-8-4-13/h1-4,7-8,11,14H,5-6,9-10H2. The maximum Gasteiger partial charge on any atom is 0.417 e. The molecule has 3 heterocycles. The van der Waals surface area contributed by atoms with Crippen LogP contribution in [0, 0.1) is 0 Å². The number of hydrogen-bond acceptors (Lipinski definition) is 4. The van der Waals surface area contributed by atoms with E-state index in [4.69, 9.17) is 4.74 Å². The summed E-state index contributed by atoms with van der Waals surface area (Å²) in [6, 6.07) is 6.18. The summed E-state index contributed by atoms with van der Waals surface area (Å²) in [4.78, 5) is 9.99. The molecule has 1 aliphatic rings. The molecule has 0 unspecified atom stereocenters. The molecule has 23 heavy (non-hydrogen) atoms. The van der Waals surface area contributed by atoms with Crippen LogP contribution in [0.2, 0.25) is 0 Å². The van der Waals surface area contributed by atoms with Crippen LogP contribution in [0.4, 0.5) is 18.9 Å². The first kappa shape index (κ1) is 15.6. The molecule has 7 heteroatoms. The van der Waals surface area contributed by atoms with E-state index in [2.05, 4.69) is 14.9 Å². The molecule has 3 rings (SSSR count). The highest BCUT2D eigenvalue weighted by Crippen LogP contribution is 2.29. The van der Waals surface area contributed by atoms with Gasteiger partial charge >= 0.3 is 6.18 Å². The van der Waals surface area contributed by atoms with E-state index in [1.54, 1.807) is 12.4 Å². The Hall–Kier alpha value is -2.31. The number of rotatable bonds is 3. The Labute approximate surface area is 131 Å². The average Bonchev–Trinajstić information content (AvgIpc) is 2.56. The first-order valence-corrected chi connectivity index (χ1v) is 7.37. The Balaban J connectivity index is 1.55. The zero-order chi connectivity index (χ0) is 16.3. The Kier molecular flexibility index (Phi) is 4.36. The van der Waals surface area contributed by atoms with E-state index >= 15 is 0 Å². The second kappa shape index (κ2) is 6.44. The van der Waals surface area contributed by atoms with Crippen molar-refractivity contribution >= 4 is 5.69 Å². The van der Waals surface area contributed by atoms with Gasteiger partial charge in [-0.1, -0.05) is 0 Å². The zero-order valence-corrected chi connectivity index (χ0v) is 12.3. The molecule has 2 aromatic heterocycles. The number of hydrogen-bond donors (Lipinski definition) is 0. The van der Waals surface area contributed by atoms with Crippen molar-refractivity contribution < 1.29 is 17.9 Å². The number of anilines is 1. The lowest BCUT2D eigenvalue weighted by atomic mass is 10.1. The van der Waals surface area contributed by atoms with E-state index in [9.17, 15) is 13.2 Å². The number of halogens is 3. The van der Waals surface area contributed by atoms with Crippen molar-refractivity contribution in [1.82, 2.24) is 9.97 Å². The van der Waals surface area contributed by atoms with Gasteiger partial charge in [-0.25, -0.2) is 4.98 Å². The van der Waals surface area contributed by atoms with E-state index < -0.39 is 11.7 Å². The fraction of sp³-hybridized carbons (Fsp3) is 0.375. The maximum atomic E-state index is 12.5. The third kappa shape index (κ3) is 3.91. The Morgan fingerprint density at radius 1 is 1.04 bits per heavy atom. The molecular weight excluding hydrogens is 307 g/mol. The third-order valence-corrected chi connectivity index (χ3v) is 3.82. The van der Waals surface area contributed by atoms with Gasteiger partial charge in [0.25, 0.3) is 0 Å². The highest BCUT2D eigenvalue weighted by Gasteiger charge is 2.31. The second-order valence-electron chi connectivity index (χ2n) is 5.39. The minimum Gasteiger partial charge on any atom is -0.474 e. The summed E-state index contributed by atoms with van der Waals surface area (Å²) in [6.45, 7) is 1.66. The normalized spacial score (nSPS) is 16.4. The predicted octanol–water partition coefficient (Wildman–Crippen LogP) is 3.54. The van der Waals surface area contributed by atoms with Crippen LogP contribution in [0.3, 0.4) is 0 Å². The van der Waals surface area contributed by atoms with E-state index in [-0.39, 0.29) is 12.0 Å². The van der Waals surface area contributed by atoms with Crippen molar-refractivity contribution in [3.05, 3.63) is 48.4 Å². The van der Waals surface area contributed by atoms with Crippen molar-refractivity contribution in [3.63, 3.8) is 0 Å². The van der Waals surface area contributed by atoms with Gasteiger partial charge in [0.2, 0.25) is 5.88 Å². The van der Waals surface area contributed by atoms with Crippen LogP contribution in [0.15, 0.2) is 42.9 Å². The van der Waals surface area contributed by atoms with Gasteiger partial charge in [0.15, 0.2) is 0 Å². The molecule has 1 fully saturated rings. The monoisotopic (exact) mass is 323 g/mol. The minimum atomic E-state index is -4.37. The Morgan fingerprint density at radius 3 is 2.30 bits per heavy atom. The van der Waals surface area contributed by atoms with Crippen molar-refractivity contribution in [2.45, 2.75) is 25.1 Å². The van der Waals surface area contributed by atoms with Crippen LogP contribution in [-0.4, -0.2) is 29.2 Å². The summed E-state index contributed by atoms with van der Waals surface area (Å²) in [6.07, 6.45) is 1.50. The molecule has 0 atom stereocenters. The van der Waals surface area contributed by atoms with E-state index in [0.717, 1.165) is 43.9 Å². The number of aromatic nitrogens is 2. The SMILES string of the molecule is FC(F)(F)c1ccc(OC2CCN(c3ccncc3)CC2)nc1. The van der Waals surface area contributed by atoms with Crippen molar-refractivity contribution in [1.29, 1.82) is 0 Å². The Morgan fingerprint density at radius 2 is 1.74 bits per heavy atom. The van der Waals surface area contributed by atoms with Gasteiger partial charge in [-0.2, -0.15) is 13.2 Å². The highest BCUT2D eigenvalue weighted by molar-refractivity contribution is 5.44. The third-order valence-electron chi connectivity index (χ3n) is 3.82. The van der Waals surface area contributed by atoms with E-state index in [0.29, 0.717) is 0 Å². The lowest BCUT2D eigenvalue weighted by Gasteiger charge is -2.33. The molecule has 0 saturated carbocycles. The van der Waals surface area contributed by atoms with E-state index in [1.807, 2.05) is 12.1 Å². The Bertz CT molecular complexity index is 623. The quantitative estimate of drug-likeness (QED) is 0.866. The van der Waals surface area contributed by atoms with Gasteiger partial charge in [0.1, 0.15) is 6.10 Å². The molecule has 4 nitrogen and oxygen atoms in total. The maximum absolute atomic E-state index is 12.5. The smallest absolute Gasteiger partial charge is 0.417 e. The summed E-state index contributed by atoms with van der Waals surface area (Å²) >= 11 is 0. The molecule has 0 N–H and O–H groups in total. The molecule has 0 aromatic carbocycles. The van der Waals surface area contributed by atoms with Crippen LogP contribution in [0.5, 0.6) is 5.88 Å². The molecular formula is C16H16F3N3O. The molecule has 2 aromatic rings. The van der Waals surface area contributed by atoms with Crippen molar-refractivity contribution in [2.75, 3.05) is 18.0 Å². The van der Waals surface area contributed by atoms with Crippen LogP contribution in [-0.2, 0) is 6.18 Å². The predicted molar refractivity (Wildman–Crippen MR) is 79.3 cm³/mol. The molecule has 1 aliphatic heterocycles. The summed E-state index contributed by atoms with van der Waals surface area (Å²) in [5, 5.41) is 0. The topological polar surface area (TPSA) is 38.2 Å². The minimum absolute atomic E-state index is 0.0303. The molecule has 0 radical (unpaired) electrons. The van der Waals surface area contributed by atoms with Crippen LogP contribution in [0.25, 0.3) is 0 Å². The fourth-order valence-corrected chi connectivity index (χ4v) is 2.58. The van der Waals surface area contributed by atoms with Gasteiger partial charge in [-0.15, -0.1) is 0 Å². The summed E-state index contributed by atoms with van der Waals surface area (Å²) < 4.78 is 43.2. The highest BCUT2D eigenvalue weighted by atomic mass is 19.4.